The second kappa shape index (κ2) is 7.91. The molecule has 0 saturated heterocycles. The monoisotopic (exact) mass is 290 g/mol. The summed E-state index contributed by atoms with van der Waals surface area (Å²) in [7, 11) is 0. The third-order valence-electron chi connectivity index (χ3n) is 3.94. The summed E-state index contributed by atoms with van der Waals surface area (Å²) in [6, 6.07) is 7.75. The van der Waals surface area contributed by atoms with Crippen LogP contribution in [-0.2, 0) is 0 Å². The quantitative estimate of drug-likeness (QED) is 0.848. The van der Waals surface area contributed by atoms with Crippen LogP contribution in [0.1, 0.15) is 52.4 Å². The van der Waals surface area contributed by atoms with Gasteiger partial charge in [-0.1, -0.05) is 32.3 Å². The largest absolute Gasteiger partial charge is 0.491 e. The standard InChI is InChI=1S/C17H26N2O2/c1-3-13(2)21-16-11-7-10-15(12-16)19-17(20)18-14-8-5-4-6-9-14/h7,10-14H,3-6,8-9H2,1-2H3,(H2,18,19,20). The van der Waals surface area contributed by atoms with Gasteiger partial charge in [-0.15, -0.1) is 0 Å². The number of carbonyl (C=O) groups is 1. The van der Waals surface area contributed by atoms with E-state index in [0.717, 1.165) is 30.7 Å². The average Bonchev–Trinajstić information content (AvgIpc) is 2.48. The summed E-state index contributed by atoms with van der Waals surface area (Å²) in [5, 5.41) is 5.94. The van der Waals surface area contributed by atoms with Gasteiger partial charge in [0, 0.05) is 17.8 Å². The molecule has 0 spiro atoms. The van der Waals surface area contributed by atoms with Gasteiger partial charge in [0.1, 0.15) is 5.75 Å². The lowest BCUT2D eigenvalue weighted by molar-refractivity contribution is 0.217. The minimum absolute atomic E-state index is 0.123. The summed E-state index contributed by atoms with van der Waals surface area (Å²) < 4.78 is 5.76. The Labute approximate surface area is 127 Å². The molecule has 1 aliphatic rings. The highest BCUT2D eigenvalue weighted by atomic mass is 16.5. The molecule has 4 nitrogen and oxygen atoms in total. The Bertz CT molecular complexity index is 456. The number of nitrogens with one attached hydrogen (secondary N) is 2. The highest BCUT2D eigenvalue weighted by molar-refractivity contribution is 5.89. The van der Waals surface area contributed by atoms with Crippen molar-refractivity contribution in [2.24, 2.45) is 0 Å². The number of benzene rings is 1. The first-order valence-corrected chi connectivity index (χ1v) is 8.01. The molecule has 0 heterocycles. The fourth-order valence-electron chi connectivity index (χ4n) is 2.56. The van der Waals surface area contributed by atoms with Gasteiger partial charge >= 0.3 is 6.03 Å². The van der Waals surface area contributed by atoms with Gasteiger partial charge in [0.05, 0.1) is 6.10 Å². The van der Waals surface area contributed by atoms with Crippen molar-refractivity contribution in [1.82, 2.24) is 5.32 Å². The molecule has 1 aliphatic carbocycles. The molecule has 2 amide bonds. The topological polar surface area (TPSA) is 50.4 Å². The molecule has 0 aromatic heterocycles. The van der Waals surface area contributed by atoms with Crippen LogP contribution in [0.2, 0.25) is 0 Å². The van der Waals surface area contributed by atoms with Gasteiger partial charge in [-0.2, -0.15) is 0 Å². The summed E-state index contributed by atoms with van der Waals surface area (Å²) in [4.78, 5) is 12.0. The highest BCUT2D eigenvalue weighted by Gasteiger charge is 2.15. The maximum atomic E-state index is 12.0. The summed E-state index contributed by atoms with van der Waals surface area (Å²) in [5.41, 5.74) is 0.768. The van der Waals surface area contributed by atoms with Crippen LogP contribution in [0.5, 0.6) is 5.75 Å². The van der Waals surface area contributed by atoms with Crippen molar-refractivity contribution in [2.45, 2.75) is 64.5 Å². The van der Waals surface area contributed by atoms with E-state index in [-0.39, 0.29) is 12.1 Å². The van der Waals surface area contributed by atoms with Crippen molar-refractivity contribution in [2.75, 3.05) is 5.32 Å². The van der Waals surface area contributed by atoms with Crippen LogP contribution in [0.3, 0.4) is 0 Å². The molecule has 21 heavy (non-hydrogen) atoms. The molecule has 1 unspecified atom stereocenters. The van der Waals surface area contributed by atoms with Crippen molar-refractivity contribution >= 4 is 11.7 Å². The van der Waals surface area contributed by atoms with Crippen LogP contribution in [0.15, 0.2) is 24.3 Å². The van der Waals surface area contributed by atoms with E-state index in [1.807, 2.05) is 31.2 Å². The summed E-state index contributed by atoms with van der Waals surface area (Å²) in [6.45, 7) is 4.13. The van der Waals surface area contributed by atoms with Crippen molar-refractivity contribution in [1.29, 1.82) is 0 Å². The molecule has 4 heteroatoms. The zero-order valence-corrected chi connectivity index (χ0v) is 13.0. The number of anilines is 1. The van der Waals surface area contributed by atoms with E-state index >= 15 is 0 Å². The Balaban J connectivity index is 1.86. The molecule has 1 atom stereocenters. The number of hydrogen-bond donors (Lipinski definition) is 2. The molecular formula is C17H26N2O2. The minimum Gasteiger partial charge on any atom is -0.491 e. The SMILES string of the molecule is CCC(C)Oc1cccc(NC(=O)NC2CCCCC2)c1. The second-order valence-electron chi connectivity index (χ2n) is 5.80. The lowest BCUT2D eigenvalue weighted by Crippen LogP contribution is -2.39. The van der Waals surface area contributed by atoms with E-state index < -0.39 is 0 Å². The lowest BCUT2D eigenvalue weighted by atomic mass is 9.96. The Hall–Kier alpha value is -1.71. The predicted octanol–water partition coefficient (Wildman–Crippen LogP) is 4.32. The Morgan fingerprint density at radius 3 is 2.81 bits per heavy atom. The van der Waals surface area contributed by atoms with Gasteiger partial charge in [0.2, 0.25) is 0 Å². The minimum atomic E-state index is -0.123. The van der Waals surface area contributed by atoms with Crippen LogP contribution in [0.4, 0.5) is 10.5 Å². The number of rotatable bonds is 5. The zero-order chi connectivity index (χ0) is 15.1. The normalized spacial score (nSPS) is 17.0. The number of carbonyl (C=O) groups excluding carboxylic acids is 1. The molecule has 0 bridgehead atoms. The van der Waals surface area contributed by atoms with Gasteiger partial charge in [-0.05, 0) is 38.3 Å². The predicted molar refractivity (Wildman–Crippen MR) is 85.9 cm³/mol. The fourth-order valence-corrected chi connectivity index (χ4v) is 2.56. The molecular weight excluding hydrogens is 264 g/mol. The Morgan fingerprint density at radius 2 is 2.10 bits per heavy atom. The lowest BCUT2D eigenvalue weighted by Gasteiger charge is -2.23. The van der Waals surface area contributed by atoms with Crippen molar-refractivity contribution in [3.63, 3.8) is 0 Å². The fraction of sp³-hybridized carbons (Fsp3) is 0.588. The van der Waals surface area contributed by atoms with E-state index in [0.29, 0.717) is 6.04 Å². The summed E-state index contributed by atoms with van der Waals surface area (Å²) in [5.74, 6) is 0.791. The number of amides is 2. The van der Waals surface area contributed by atoms with Gasteiger partial charge < -0.3 is 15.4 Å². The van der Waals surface area contributed by atoms with Crippen molar-refractivity contribution in [3.8, 4) is 5.75 Å². The van der Waals surface area contributed by atoms with Gasteiger partial charge in [0.25, 0.3) is 0 Å². The van der Waals surface area contributed by atoms with Crippen LogP contribution < -0.4 is 15.4 Å². The van der Waals surface area contributed by atoms with E-state index in [4.69, 9.17) is 4.74 Å². The summed E-state index contributed by atoms with van der Waals surface area (Å²) in [6.07, 6.45) is 7.02. The molecule has 1 saturated carbocycles. The molecule has 1 aromatic rings. The van der Waals surface area contributed by atoms with E-state index in [1.165, 1.54) is 19.3 Å². The number of hydrogen-bond acceptors (Lipinski definition) is 2. The zero-order valence-electron chi connectivity index (χ0n) is 13.0. The molecule has 1 fully saturated rings. The van der Waals surface area contributed by atoms with Gasteiger partial charge in [-0.3, -0.25) is 0 Å². The van der Waals surface area contributed by atoms with E-state index in [2.05, 4.69) is 17.6 Å². The molecule has 2 rings (SSSR count). The summed E-state index contributed by atoms with van der Waals surface area (Å²) >= 11 is 0. The Morgan fingerprint density at radius 1 is 1.33 bits per heavy atom. The van der Waals surface area contributed by atoms with E-state index in [1.54, 1.807) is 0 Å². The van der Waals surface area contributed by atoms with Crippen LogP contribution in [0, 0.1) is 0 Å². The maximum absolute atomic E-state index is 12.0. The van der Waals surface area contributed by atoms with Crippen LogP contribution in [-0.4, -0.2) is 18.2 Å². The third-order valence-corrected chi connectivity index (χ3v) is 3.94. The van der Waals surface area contributed by atoms with Gasteiger partial charge in [0.15, 0.2) is 0 Å². The average molecular weight is 290 g/mol. The third kappa shape index (κ3) is 5.29. The van der Waals surface area contributed by atoms with Crippen molar-refractivity contribution < 1.29 is 9.53 Å². The molecule has 1 aromatic carbocycles. The molecule has 0 radical (unpaired) electrons. The Kier molecular flexibility index (Phi) is 5.90. The van der Waals surface area contributed by atoms with Crippen LogP contribution >= 0.6 is 0 Å². The molecule has 116 valence electrons. The first-order chi connectivity index (χ1) is 10.2. The maximum Gasteiger partial charge on any atom is 0.319 e. The second-order valence-corrected chi connectivity index (χ2v) is 5.80. The van der Waals surface area contributed by atoms with Gasteiger partial charge in [-0.25, -0.2) is 4.79 Å². The van der Waals surface area contributed by atoms with Crippen LogP contribution in [0.25, 0.3) is 0 Å². The van der Waals surface area contributed by atoms with E-state index in [9.17, 15) is 4.79 Å². The van der Waals surface area contributed by atoms with Crippen molar-refractivity contribution in [3.05, 3.63) is 24.3 Å². The molecule has 0 aliphatic heterocycles. The first-order valence-electron chi connectivity index (χ1n) is 8.01. The molecule has 2 N–H and O–H groups in total. The number of ether oxygens (including phenoxy) is 1. The first kappa shape index (κ1) is 15.7. The smallest absolute Gasteiger partial charge is 0.319 e. The number of urea groups is 1. The highest BCUT2D eigenvalue weighted by Crippen LogP contribution is 2.20.